The van der Waals surface area contributed by atoms with Crippen molar-refractivity contribution in [2.75, 3.05) is 50.1 Å². The summed E-state index contributed by atoms with van der Waals surface area (Å²) in [5.74, 6) is 0.972. The number of anilines is 2. The fourth-order valence-corrected chi connectivity index (χ4v) is 3.84. The van der Waals surface area contributed by atoms with Crippen LogP contribution in [0.4, 0.5) is 11.4 Å². The van der Waals surface area contributed by atoms with Gasteiger partial charge in [0.25, 0.3) is 5.91 Å². The summed E-state index contributed by atoms with van der Waals surface area (Å²) in [6.07, 6.45) is 0. The second kappa shape index (κ2) is 8.44. The number of amides is 1. The van der Waals surface area contributed by atoms with E-state index in [2.05, 4.69) is 55.3 Å². The topological polar surface area (TPSA) is 46.0 Å². The van der Waals surface area contributed by atoms with E-state index in [0.29, 0.717) is 6.54 Å². The molecular weight excluding hydrogens is 338 g/mol. The van der Waals surface area contributed by atoms with Crippen LogP contribution < -0.4 is 19.9 Å². The smallest absolute Gasteiger partial charge is 0.279 e. The van der Waals surface area contributed by atoms with E-state index in [4.69, 9.17) is 4.74 Å². The van der Waals surface area contributed by atoms with Crippen LogP contribution in [0.1, 0.15) is 16.7 Å². The van der Waals surface area contributed by atoms with Crippen molar-refractivity contribution in [2.45, 2.75) is 20.8 Å². The number of hydrogen-bond donors (Lipinski definition) is 2. The lowest BCUT2D eigenvalue weighted by Gasteiger charge is -2.33. The molecule has 0 unspecified atom stereocenters. The summed E-state index contributed by atoms with van der Waals surface area (Å²) < 4.78 is 5.22. The number of rotatable bonds is 5. The second-order valence-electron chi connectivity index (χ2n) is 7.43. The van der Waals surface area contributed by atoms with Crippen molar-refractivity contribution < 1.29 is 14.4 Å². The van der Waals surface area contributed by atoms with Crippen LogP contribution in [-0.4, -0.2) is 45.7 Å². The quantitative estimate of drug-likeness (QED) is 0.848. The number of carbonyl (C=O) groups excluding carboxylic acids is 1. The Morgan fingerprint density at radius 3 is 2.22 bits per heavy atom. The van der Waals surface area contributed by atoms with Crippen molar-refractivity contribution >= 4 is 17.3 Å². The number of benzene rings is 2. The maximum absolute atomic E-state index is 12.5. The van der Waals surface area contributed by atoms with E-state index in [-0.39, 0.29) is 5.91 Å². The number of aryl methyl sites for hydroxylation is 3. The number of hydrogen-bond acceptors (Lipinski definition) is 3. The third-order valence-corrected chi connectivity index (χ3v) is 5.26. The molecule has 2 N–H and O–H groups in total. The van der Waals surface area contributed by atoms with E-state index < -0.39 is 0 Å². The molecule has 0 bridgehead atoms. The molecule has 144 valence electrons. The molecule has 3 rings (SSSR count). The Morgan fingerprint density at radius 2 is 1.67 bits per heavy atom. The number of quaternary nitrogens is 1. The second-order valence-corrected chi connectivity index (χ2v) is 7.43. The first-order valence-corrected chi connectivity index (χ1v) is 9.56. The van der Waals surface area contributed by atoms with Crippen LogP contribution in [0.5, 0.6) is 5.75 Å². The van der Waals surface area contributed by atoms with E-state index >= 15 is 0 Å². The molecule has 1 fully saturated rings. The molecule has 1 heterocycles. The lowest BCUT2D eigenvalue weighted by atomic mass is 10.1. The van der Waals surface area contributed by atoms with Crippen molar-refractivity contribution in [3.63, 3.8) is 0 Å². The zero-order valence-corrected chi connectivity index (χ0v) is 16.8. The van der Waals surface area contributed by atoms with Gasteiger partial charge in [-0.05, 0) is 56.2 Å². The lowest BCUT2D eigenvalue weighted by Crippen LogP contribution is -3.15. The van der Waals surface area contributed by atoms with Crippen LogP contribution in [0.15, 0.2) is 36.4 Å². The fraction of sp³-hybridized carbons (Fsp3) is 0.409. The van der Waals surface area contributed by atoms with Crippen molar-refractivity contribution in [2.24, 2.45) is 0 Å². The number of nitrogens with zero attached hydrogens (tertiary/aromatic N) is 1. The molecule has 1 saturated heterocycles. The highest BCUT2D eigenvalue weighted by molar-refractivity contribution is 5.93. The fourth-order valence-electron chi connectivity index (χ4n) is 3.84. The number of ether oxygens (including phenoxy) is 1. The van der Waals surface area contributed by atoms with Gasteiger partial charge in [0.15, 0.2) is 6.54 Å². The van der Waals surface area contributed by atoms with Gasteiger partial charge in [-0.3, -0.25) is 4.79 Å². The minimum atomic E-state index is 0.0953. The standard InChI is InChI=1S/C22H29N3O2/c1-16-13-17(2)22(18(3)14-16)23-21(26)15-24-9-11-25(12-10-24)19-5-7-20(27-4)8-6-19/h5-8,13-14H,9-12,15H2,1-4H3,(H,23,26)/p+1. The summed E-state index contributed by atoms with van der Waals surface area (Å²) in [5.41, 5.74) is 5.65. The van der Waals surface area contributed by atoms with E-state index in [1.54, 1.807) is 7.11 Å². The van der Waals surface area contributed by atoms with Gasteiger partial charge in [-0.1, -0.05) is 17.7 Å². The van der Waals surface area contributed by atoms with Crippen molar-refractivity contribution in [3.8, 4) is 5.75 Å². The van der Waals surface area contributed by atoms with Crippen LogP contribution >= 0.6 is 0 Å². The van der Waals surface area contributed by atoms with Crippen LogP contribution in [0.25, 0.3) is 0 Å². The summed E-state index contributed by atoms with van der Waals surface area (Å²) in [6.45, 7) is 10.5. The maximum Gasteiger partial charge on any atom is 0.279 e. The van der Waals surface area contributed by atoms with E-state index in [9.17, 15) is 4.79 Å². The highest BCUT2D eigenvalue weighted by Gasteiger charge is 2.23. The minimum Gasteiger partial charge on any atom is -0.497 e. The molecule has 27 heavy (non-hydrogen) atoms. The van der Waals surface area contributed by atoms with Gasteiger partial charge in [0, 0.05) is 11.4 Å². The third kappa shape index (κ3) is 4.80. The van der Waals surface area contributed by atoms with Gasteiger partial charge >= 0.3 is 0 Å². The Labute approximate surface area is 161 Å². The Kier molecular flexibility index (Phi) is 6.01. The molecule has 2 aromatic rings. The van der Waals surface area contributed by atoms with Gasteiger partial charge in [0.1, 0.15) is 5.75 Å². The SMILES string of the molecule is COc1ccc(N2CC[NH+](CC(=O)Nc3c(C)cc(C)cc3C)CC2)cc1. The molecule has 1 aliphatic rings. The normalized spacial score (nSPS) is 14.9. The first-order chi connectivity index (χ1) is 13.0. The molecule has 0 aromatic heterocycles. The van der Waals surface area contributed by atoms with Crippen molar-refractivity contribution in [1.29, 1.82) is 0 Å². The van der Waals surface area contributed by atoms with Crippen LogP contribution in [0.3, 0.4) is 0 Å². The Morgan fingerprint density at radius 1 is 1.07 bits per heavy atom. The van der Waals surface area contributed by atoms with E-state index in [0.717, 1.165) is 48.7 Å². The average Bonchev–Trinajstić information content (AvgIpc) is 2.65. The highest BCUT2D eigenvalue weighted by Crippen LogP contribution is 2.22. The molecule has 0 atom stereocenters. The van der Waals surface area contributed by atoms with Gasteiger partial charge in [-0.15, -0.1) is 0 Å². The van der Waals surface area contributed by atoms with Crippen LogP contribution in [0.2, 0.25) is 0 Å². The van der Waals surface area contributed by atoms with Crippen LogP contribution in [0, 0.1) is 20.8 Å². The zero-order valence-electron chi connectivity index (χ0n) is 16.8. The Bertz CT molecular complexity index is 771. The molecular formula is C22H30N3O2+. The zero-order chi connectivity index (χ0) is 19.4. The minimum absolute atomic E-state index is 0.0953. The predicted octanol–water partition coefficient (Wildman–Crippen LogP) is 1.96. The largest absolute Gasteiger partial charge is 0.497 e. The summed E-state index contributed by atoms with van der Waals surface area (Å²) in [4.78, 5) is 16.2. The molecule has 2 aromatic carbocycles. The molecule has 1 amide bonds. The van der Waals surface area contributed by atoms with Crippen LogP contribution in [-0.2, 0) is 4.79 Å². The van der Waals surface area contributed by atoms with Crippen molar-refractivity contribution in [3.05, 3.63) is 53.1 Å². The van der Waals surface area contributed by atoms with E-state index in [1.807, 2.05) is 12.1 Å². The molecule has 0 aliphatic carbocycles. The van der Waals surface area contributed by atoms with Gasteiger partial charge in [-0.25, -0.2) is 0 Å². The molecule has 0 radical (unpaired) electrons. The summed E-state index contributed by atoms with van der Waals surface area (Å²) in [5, 5.41) is 3.12. The van der Waals surface area contributed by atoms with Crippen molar-refractivity contribution in [1.82, 2.24) is 0 Å². The number of piperazine rings is 1. The predicted molar refractivity (Wildman–Crippen MR) is 110 cm³/mol. The maximum atomic E-state index is 12.5. The average molecular weight is 369 g/mol. The van der Waals surface area contributed by atoms with Gasteiger partial charge < -0.3 is 19.9 Å². The number of carbonyl (C=O) groups is 1. The molecule has 5 nitrogen and oxygen atoms in total. The Hall–Kier alpha value is -2.53. The molecule has 1 aliphatic heterocycles. The summed E-state index contributed by atoms with van der Waals surface area (Å²) in [7, 11) is 1.68. The Balaban J connectivity index is 1.52. The highest BCUT2D eigenvalue weighted by atomic mass is 16.5. The first-order valence-electron chi connectivity index (χ1n) is 9.56. The molecule has 0 spiro atoms. The first kappa shape index (κ1) is 19.2. The lowest BCUT2D eigenvalue weighted by molar-refractivity contribution is -0.892. The molecule has 0 saturated carbocycles. The summed E-state index contributed by atoms with van der Waals surface area (Å²) >= 11 is 0. The number of methoxy groups -OCH3 is 1. The van der Waals surface area contributed by atoms with Gasteiger partial charge in [-0.2, -0.15) is 0 Å². The van der Waals surface area contributed by atoms with E-state index in [1.165, 1.54) is 16.2 Å². The van der Waals surface area contributed by atoms with Gasteiger partial charge in [0.2, 0.25) is 0 Å². The summed E-state index contributed by atoms with van der Waals surface area (Å²) in [6, 6.07) is 12.4. The van der Waals surface area contributed by atoms with Gasteiger partial charge in [0.05, 0.1) is 33.3 Å². The molecule has 5 heteroatoms. The number of nitrogens with one attached hydrogen (secondary N) is 2. The third-order valence-electron chi connectivity index (χ3n) is 5.26. The monoisotopic (exact) mass is 368 g/mol.